The van der Waals surface area contributed by atoms with Crippen LogP contribution in [-0.2, 0) is 4.74 Å². The summed E-state index contributed by atoms with van der Waals surface area (Å²) in [7, 11) is 1.73. The molecule has 0 aliphatic heterocycles. The van der Waals surface area contributed by atoms with Crippen LogP contribution in [-0.4, -0.2) is 19.8 Å². The number of methoxy groups -OCH3 is 1. The smallest absolute Gasteiger partial charge is 0.0661 e. The molecule has 1 aromatic rings. The van der Waals surface area contributed by atoms with Crippen molar-refractivity contribution in [1.29, 1.82) is 0 Å². The van der Waals surface area contributed by atoms with Gasteiger partial charge in [0.15, 0.2) is 0 Å². The number of rotatable bonds is 4. The number of hydrogen-bond donors (Lipinski definition) is 1. The Balaban J connectivity index is 2.85. The largest absolute Gasteiger partial charge is 0.383 e. The van der Waals surface area contributed by atoms with E-state index in [1.54, 1.807) is 7.11 Å². The van der Waals surface area contributed by atoms with Crippen LogP contribution in [0.25, 0.3) is 0 Å². The maximum absolute atomic E-state index is 5.12. The van der Waals surface area contributed by atoms with Crippen molar-refractivity contribution in [2.45, 2.75) is 33.7 Å². The molecule has 1 rings (SSSR count). The van der Waals surface area contributed by atoms with Gasteiger partial charge in [-0.05, 0) is 38.8 Å². The summed E-state index contributed by atoms with van der Waals surface area (Å²) < 4.78 is 5.12. The summed E-state index contributed by atoms with van der Waals surface area (Å²) in [6.45, 7) is 9.26. The summed E-state index contributed by atoms with van der Waals surface area (Å²) in [5.41, 5.74) is 5.16. The lowest BCUT2D eigenvalue weighted by atomic mass is 10.0. The van der Waals surface area contributed by atoms with Gasteiger partial charge < -0.3 is 10.1 Å². The van der Waals surface area contributed by atoms with Crippen LogP contribution in [0.4, 0.5) is 5.69 Å². The molecule has 0 bridgehead atoms. The van der Waals surface area contributed by atoms with Crippen LogP contribution >= 0.6 is 0 Å². The molecule has 0 fully saturated rings. The van der Waals surface area contributed by atoms with E-state index in [0.29, 0.717) is 6.04 Å². The van der Waals surface area contributed by atoms with Gasteiger partial charge in [0.2, 0.25) is 0 Å². The molecule has 0 spiro atoms. The third-order valence-corrected chi connectivity index (χ3v) is 2.48. The average Bonchev–Trinajstić information content (AvgIpc) is 2.11. The zero-order chi connectivity index (χ0) is 11.4. The topological polar surface area (TPSA) is 21.3 Å². The number of benzene rings is 1. The standard InChI is InChI=1S/C13H21NO/c1-9-6-10(2)13(11(3)7-9)14-12(4)8-15-5/h6-7,12,14H,8H2,1-5H3. The van der Waals surface area contributed by atoms with Crippen LogP contribution in [0.2, 0.25) is 0 Å². The summed E-state index contributed by atoms with van der Waals surface area (Å²) in [6, 6.07) is 4.75. The zero-order valence-corrected chi connectivity index (χ0v) is 10.3. The van der Waals surface area contributed by atoms with Gasteiger partial charge in [0.25, 0.3) is 0 Å². The quantitative estimate of drug-likeness (QED) is 0.819. The van der Waals surface area contributed by atoms with E-state index < -0.39 is 0 Å². The van der Waals surface area contributed by atoms with Crippen molar-refractivity contribution >= 4 is 5.69 Å². The Morgan fingerprint density at radius 1 is 1.20 bits per heavy atom. The second-order valence-electron chi connectivity index (χ2n) is 4.27. The minimum atomic E-state index is 0.343. The van der Waals surface area contributed by atoms with Crippen molar-refractivity contribution < 1.29 is 4.74 Å². The monoisotopic (exact) mass is 207 g/mol. The van der Waals surface area contributed by atoms with E-state index in [-0.39, 0.29) is 0 Å². The summed E-state index contributed by atoms with van der Waals surface area (Å²) in [4.78, 5) is 0. The second-order valence-corrected chi connectivity index (χ2v) is 4.27. The van der Waals surface area contributed by atoms with Crippen LogP contribution in [0.15, 0.2) is 12.1 Å². The summed E-state index contributed by atoms with van der Waals surface area (Å²) >= 11 is 0. The Kier molecular flexibility index (Phi) is 4.15. The Morgan fingerprint density at radius 2 is 1.73 bits per heavy atom. The van der Waals surface area contributed by atoms with E-state index in [1.807, 2.05) is 0 Å². The zero-order valence-electron chi connectivity index (χ0n) is 10.3. The SMILES string of the molecule is COCC(C)Nc1c(C)cc(C)cc1C. The third kappa shape index (κ3) is 3.24. The first-order valence-corrected chi connectivity index (χ1v) is 5.38. The van der Waals surface area contributed by atoms with Crippen LogP contribution < -0.4 is 5.32 Å². The van der Waals surface area contributed by atoms with Crippen LogP contribution in [0.1, 0.15) is 23.6 Å². The Morgan fingerprint density at radius 3 is 2.20 bits per heavy atom. The third-order valence-electron chi connectivity index (χ3n) is 2.48. The first-order chi connectivity index (χ1) is 7.04. The van der Waals surface area contributed by atoms with Gasteiger partial charge in [-0.25, -0.2) is 0 Å². The fourth-order valence-corrected chi connectivity index (χ4v) is 1.95. The van der Waals surface area contributed by atoms with Crippen LogP contribution in [0.3, 0.4) is 0 Å². The van der Waals surface area contributed by atoms with E-state index in [9.17, 15) is 0 Å². The first-order valence-electron chi connectivity index (χ1n) is 5.38. The Hall–Kier alpha value is -1.02. The lowest BCUT2D eigenvalue weighted by molar-refractivity contribution is 0.190. The van der Waals surface area contributed by atoms with Gasteiger partial charge in [0.05, 0.1) is 6.61 Å². The van der Waals surface area contributed by atoms with Crippen molar-refractivity contribution in [1.82, 2.24) is 0 Å². The highest BCUT2D eigenvalue weighted by Gasteiger charge is 2.06. The van der Waals surface area contributed by atoms with E-state index in [0.717, 1.165) is 6.61 Å². The number of anilines is 1. The van der Waals surface area contributed by atoms with E-state index in [2.05, 4.69) is 45.1 Å². The molecule has 84 valence electrons. The number of ether oxygens (including phenoxy) is 1. The van der Waals surface area contributed by atoms with Crippen molar-refractivity contribution in [3.8, 4) is 0 Å². The molecule has 1 unspecified atom stereocenters. The summed E-state index contributed by atoms with van der Waals surface area (Å²) in [5, 5.41) is 3.48. The lowest BCUT2D eigenvalue weighted by Gasteiger charge is -2.18. The van der Waals surface area contributed by atoms with Crippen LogP contribution in [0, 0.1) is 20.8 Å². The lowest BCUT2D eigenvalue weighted by Crippen LogP contribution is -2.21. The maximum Gasteiger partial charge on any atom is 0.0661 e. The van der Waals surface area contributed by atoms with Gasteiger partial charge >= 0.3 is 0 Å². The molecule has 0 saturated heterocycles. The Bertz CT molecular complexity index is 310. The molecule has 0 heterocycles. The molecule has 0 aromatic heterocycles. The predicted molar refractivity (Wildman–Crippen MR) is 65.6 cm³/mol. The van der Waals surface area contributed by atoms with Gasteiger partial charge in [0.1, 0.15) is 0 Å². The van der Waals surface area contributed by atoms with Gasteiger partial charge in [-0.15, -0.1) is 0 Å². The Labute approximate surface area is 92.6 Å². The molecule has 0 aliphatic carbocycles. The molecular formula is C13H21NO. The molecule has 2 heteroatoms. The first kappa shape index (κ1) is 12.1. The second kappa shape index (κ2) is 5.17. The number of hydrogen-bond acceptors (Lipinski definition) is 2. The highest BCUT2D eigenvalue weighted by molar-refractivity contribution is 5.58. The van der Waals surface area contributed by atoms with Crippen molar-refractivity contribution in [3.63, 3.8) is 0 Å². The summed E-state index contributed by atoms with van der Waals surface area (Å²) in [5.74, 6) is 0. The average molecular weight is 207 g/mol. The fraction of sp³-hybridized carbons (Fsp3) is 0.538. The minimum absolute atomic E-state index is 0.343. The van der Waals surface area contributed by atoms with Crippen molar-refractivity contribution in [3.05, 3.63) is 28.8 Å². The van der Waals surface area contributed by atoms with Gasteiger partial charge in [0, 0.05) is 18.8 Å². The van der Waals surface area contributed by atoms with Gasteiger partial charge in [-0.1, -0.05) is 17.7 Å². The molecule has 1 atom stereocenters. The highest BCUT2D eigenvalue weighted by Crippen LogP contribution is 2.22. The van der Waals surface area contributed by atoms with E-state index >= 15 is 0 Å². The molecule has 0 radical (unpaired) electrons. The summed E-state index contributed by atoms with van der Waals surface area (Å²) in [6.07, 6.45) is 0. The molecule has 1 aromatic carbocycles. The molecule has 15 heavy (non-hydrogen) atoms. The minimum Gasteiger partial charge on any atom is -0.383 e. The molecule has 0 aliphatic rings. The number of aryl methyl sites for hydroxylation is 3. The number of nitrogens with one attached hydrogen (secondary N) is 1. The maximum atomic E-state index is 5.12. The molecule has 0 amide bonds. The molecule has 0 saturated carbocycles. The fourth-order valence-electron chi connectivity index (χ4n) is 1.95. The van der Waals surface area contributed by atoms with Gasteiger partial charge in [-0.2, -0.15) is 0 Å². The normalized spacial score (nSPS) is 12.6. The predicted octanol–water partition coefficient (Wildman–Crippen LogP) is 3.06. The highest BCUT2D eigenvalue weighted by atomic mass is 16.5. The van der Waals surface area contributed by atoms with Crippen molar-refractivity contribution in [2.24, 2.45) is 0 Å². The van der Waals surface area contributed by atoms with Crippen molar-refractivity contribution in [2.75, 3.05) is 19.0 Å². The molecular weight excluding hydrogens is 186 g/mol. The van der Waals surface area contributed by atoms with Gasteiger partial charge in [-0.3, -0.25) is 0 Å². The molecule has 1 N–H and O–H groups in total. The van der Waals surface area contributed by atoms with E-state index in [1.165, 1.54) is 22.4 Å². The molecule has 2 nitrogen and oxygen atoms in total. The van der Waals surface area contributed by atoms with E-state index in [4.69, 9.17) is 4.74 Å². The van der Waals surface area contributed by atoms with Crippen LogP contribution in [0.5, 0.6) is 0 Å².